The molecule has 0 heterocycles. The van der Waals surface area contributed by atoms with Crippen LogP contribution in [-0.4, -0.2) is 27.8 Å². The predicted octanol–water partition coefficient (Wildman–Crippen LogP) is 0.955. The maximum absolute atomic E-state index is 10.8. The van der Waals surface area contributed by atoms with Crippen LogP contribution in [0.4, 0.5) is 5.69 Å². The molecule has 18 heavy (non-hydrogen) atoms. The van der Waals surface area contributed by atoms with E-state index in [0.29, 0.717) is 16.7 Å². The minimum Gasteiger partial charge on any atom is -0.390 e. The fraction of sp³-hybridized carbons (Fsp3) is 0.500. The molecular weight excluding hydrogens is 236 g/mol. The molecule has 6 heteroatoms. The quantitative estimate of drug-likeness (QED) is 0.535. The van der Waals surface area contributed by atoms with Crippen LogP contribution in [0.3, 0.4) is 0 Å². The van der Waals surface area contributed by atoms with Crippen molar-refractivity contribution in [3.8, 4) is 0 Å². The first kappa shape index (κ1) is 14.6. The van der Waals surface area contributed by atoms with E-state index in [2.05, 4.69) is 0 Å². The van der Waals surface area contributed by atoms with Crippen molar-refractivity contribution >= 4 is 5.69 Å². The fourth-order valence-electron chi connectivity index (χ4n) is 1.91. The number of aliphatic hydroxyl groups is 2. The Hall–Kier alpha value is -1.50. The second-order valence-electron chi connectivity index (χ2n) is 4.34. The third kappa shape index (κ3) is 3.04. The van der Waals surface area contributed by atoms with Crippen molar-refractivity contribution < 1.29 is 15.1 Å². The van der Waals surface area contributed by atoms with Crippen molar-refractivity contribution in [2.24, 2.45) is 5.73 Å². The highest BCUT2D eigenvalue weighted by molar-refractivity contribution is 5.47. The van der Waals surface area contributed by atoms with Crippen LogP contribution in [0.15, 0.2) is 12.1 Å². The first-order valence-corrected chi connectivity index (χ1v) is 5.70. The molecule has 1 aromatic rings. The lowest BCUT2D eigenvalue weighted by atomic mass is 9.95. The first-order valence-electron chi connectivity index (χ1n) is 5.70. The van der Waals surface area contributed by atoms with Crippen LogP contribution in [0.5, 0.6) is 0 Å². The molecule has 2 unspecified atom stereocenters. The Bertz CT molecular complexity index is 448. The number of aliphatic hydroxyl groups excluding tert-OH is 2. The van der Waals surface area contributed by atoms with Gasteiger partial charge in [0.2, 0.25) is 0 Å². The van der Waals surface area contributed by atoms with E-state index in [0.717, 1.165) is 0 Å². The van der Waals surface area contributed by atoms with Gasteiger partial charge in [-0.1, -0.05) is 0 Å². The van der Waals surface area contributed by atoms with Gasteiger partial charge in [-0.25, -0.2) is 0 Å². The monoisotopic (exact) mass is 254 g/mol. The molecule has 6 nitrogen and oxygen atoms in total. The first-order chi connectivity index (χ1) is 8.38. The Morgan fingerprint density at radius 2 is 1.94 bits per heavy atom. The van der Waals surface area contributed by atoms with Gasteiger partial charge in [0.25, 0.3) is 5.69 Å². The third-order valence-corrected chi connectivity index (χ3v) is 2.93. The molecule has 0 aliphatic rings. The van der Waals surface area contributed by atoms with Crippen molar-refractivity contribution in [1.82, 2.24) is 0 Å². The number of nitrogens with zero attached hydrogens (tertiary/aromatic N) is 1. The molecule has 0 aliphatic heterocycles. The molecule has 0 amide bonds. The molecule has 0 saturated heterocycles. The molecule has 0 saturated carbocycles. The van der Waals surface area contributed by atoms with Gasteiger partial charge in [0.1, 0.15) is 6.10 Å². The topological polar surface area (TPSA) is 110 Å². The number of nitrogens with two attached hydrogens (primary N) is 1. The molecule has 4 N–H and O–H groups in total. The molecule has 1 aromatic carbocycles. The zero-order valence-corrected chi connectivity index (χ0v) is 10.5. The van der Waals surface area contributed by atoms with Gasteiger partial charge in [-0.2, -0.15) is 0 Å². The van der Waals surface area contributed by atoms with Crippen LogP contribution in [0.2, 0.25) is 0 Å². The molecule has 0 bridgehead atoms. The predicted molar refractivity (Wildman–Crippen MR) is 67.2 cm³/mol. The summed E-state index contributed by atoms with van der Waals surface area (Å²) in [6.07, 6.45) is -1.94. The molecule has 0 spiro atoms. The maximum Gasteiger partial charge on any atom is 0.272 e. The van der Waals surface area contributed by atoms with Gasteiger partial charge in [-0.15, -0.1) is 0 Å². The van der Waals surface area contributed by atoms with Gasteiger partial charge >= 0.3 is 0 Å². The van der Waals surface area contributed by atoms with E-state index in [4.69, 9.17) is 5.73 Å². The minimum absolute atomic E-state index is 0.0606. The zero-order valence-electron chi connectivity index (χ0n) is 10.5. The van der Waals surface area contributed by atoms with Crippen molar-refractivity contribution in [3.63, 3.8) is 0 Å². The normalized spacial score (nSPS) is 14.3. The SMILES string of the molecule is Cc1cc(C)c([N+](=O)[O-])cc1C(O)C(O)CCN. The summed E-state index contributed by atoms with van der Waals surface area (Å²) in [5, 5.41) is 30.5. The summed E-state index contributed by atoms with van der Waals surface area (Å²) in [7, 11) is 0. The summed E-state index contributed by atoms with van der Waals surface area (Å²) in [6, 6.07) is 2.95. The van der Waals surface area contributed by atoms with Crippen LogP contribution in [0, 0.1) is 24.0 Å². The summed E-state index contributed by atoms with van der Waals surface area (Å²) in [6.45, 7) is 3.62. The number of hydrogen-bond donors (Lipinski definition) is 3. The van der Waals surface area contributed by atoms with E-state index < -0.39 is 17.1 Å². The fourth-order valence-corrected chi connectivity index (χ4v) is 1.91. The van der Waals surface area contributed by atoms with E-state index in [1.54, 1.807) is 19.9 Å². The smallest absolute Gasteiger partial charge is 0.272 e. The van der Waals surface area contributed by atoms with Crippen molar-refractivity contribution in [2.45, 2.75) is 32.5 Å². The molecule has 0 aliphatic carbocycles. The molecule has 2 atom stereocenters. The van der Waals surface area contributed by atoms with Crippen LogP contribution in [0.25, 0.3) is 0 Å². The Kier molecular flexibility index (Phi) is 4.77. The highest BCUT2D eigenvalue weighted by Crippen LogP contribution is 2.29. The summed E-state index contributed by atoms with van der Waals surface area (Å²) < 4.78 is 0. The van der Waals surface area contributed by atoms with E-state index in [-0.39, 0.29) is 18.7 Å². The zero-order chi connectivity index (χ0) is 13.9. The van der Waals surface area contributed by atoms with Gasteiger partial charge in [-0.05, 0) is 44.0 Å². The number of benzene rings is 1. The van der Waals surface area contributed by atoms with Gasteiger partial charge in [-0.3, -0.25) is 10.1 Å². The second kappa shape index (κ2) is 5.90. The summed E-state index contributed by atoms with van der Waals surface area (Å²) in [4.78, 5) is 10.3. The second-order valence-corrected chi connectivity index (χ2v) is 4.34. The standard InChI is InChI=1S/C12H18N2O4/c1-7-5-8(2)10(14(17)18)6-9(7)12(16)11(15)3-4-13/h5-6,11-12,15-16H,3-4,13H2,1-2H3. The molecule has 0 fully saturated rings. The molecule has 100 valence electrons. The summed E-state index contributed by atoms with van der Waals surface area (Å²) in [5.41, 5.74) is 6.85. The van der Waals surface area contributed by atoms with Crippen LogP contribution in [-0.2, 0) is 0 Å². The third-order valence-electron chi connectivity index (χ3n) is 2.93. The Balaban J connectivity index is 3.15. The Morgan fingerprint density at radius 3 is 2.44 bits per heavy atom. The van der Waals surface area contributed by atoms with Gasteiger partial charge in [0.15, 0.2) is 0 Å². The Labute approximate surface area is 105 Å². The van der Waals surface area contributed by atoms with Crippen LogP contribution < -0.4 is 5.73 Å². The highest BCUT2D eigenvalue weighted by atomic mass is 16.6. The van der Waals surface area contributed by atoms with Crippen LogP contribution in [0.1, 0.15) is 29.2 Å². The number of aryl methyl sites for hydroxylation is 2. The van der Waals surface area contributed by atoms with Crippen molar-refractivity contribution in [1.29, 1.82) is 0 Å². The lowest BCUT2D eigenvalue weighted by Gasteiger charge is -2.19. The number of nitro benzene ring substituents is 1. The van der Waals surface area contributed by atoms with Crippen molar-refractivity contribution in [2.75, 3.05) is 6.54 Å². The van der Waals surface area contributed by atoms with Gasteiger partial charge in [0.05, 0.1) is 11.0 Å². The lowest BCUT2D eigenvalue weighted by molar-refractivity contribution is -0.385. The largest absolute Gasteiger partial charge is 0.390 e. The molecule has 1 rings (SSSR count). The van der Waals surface area contributed by atoms with E-state index >= 15 is 0 Å². The average molecular weight is 254 g/mol. The van der Waals surface area contributed by atoms with E-state index in [1.165, 1.54) is 6.07 Å². The lowest BCUT2D eigenvalue weighted by Crippen LogP contribution is -2.22. The Morgan fingerprint density at radius 1 is 1.33 bits per heavy atom. The molecule has 0 aromatic heterocycles. The number of rotatable bonds is 5. The average Bonchev–Trinajstić information content (AvgIpc) is 2.28. The summed E-state index contributed by atoms with van der Waals surface area (Å²) >= 11 is 0. The molecular formula is C12H18N2O4. The van der Waals surface area contributed by atoms with Gasteiger partial charge < -0.3 is 15.9 Å². The maximum atomic E-state index is 10.8. The minimum atomic E-state index is -1.16. The van der Waals surface area contributed by atoms with Gasteiger partial charge in [0, 0.05) is 11.6 Å². The highest BCUT2D eigenvalue weighted by Gasteiger charge is 2.23. The number of nitro groups is 1. The van der Waals surface area contributed by atoms with Crippen molar-refractivity contribution in [3.05, 3.63) is 38.9 Å². The van der Waals surface area contributed by atoms with E-state index in [1.807, 2.05) is 0 Å². The molecule has 0 radical (unpaired) electrons. The summed E-state index contributed by atoms with van der Waals surface area (Å²) in [5.74, 6) is 0. The number of hydrogen-bond acceptors (Lipinski definition) is 5. The van der Waals surface area contributed by atoms with E-state index in [9.17, 15) is 20.3 Å². The van der Waals surface area contributed by atoms with Crippen LogP contribution >= 0.6 is 0 Å².